The van der Waals surface area contributed by atoms with Crippen molar-refractivity contribution in [2.45, 2.75) is 18.9 Å². The van der Waals surface area contributed by atoms with Crippen LogP contribution in [0.15, 0.2) is 0 Å². The first-order chi connectivity index (χ1) is 8.46. The van der Waals surface area contributed by atoms with Gasteiger partial charge in [0.1, 0.15) is 0 Å². The van der Waals surface area contributed by atoms with Gasteiger partial charge in [0.15, 0.2) is 0 Å². The van der Waals surface area contributed by atoms with Gasteiger partial charge in [0, 0.05) is 14.1 Å². The molecule has 1 heterocycles. The monoisotopic (exact) mass is 256 g/mol. The minimum atomic E-state index is -0.864. The smallest absolute Gasteiger partial charge is 0.231 e. The SMILES string of the molecule is CCC(CO)(CO)Nc1nc(N)nc(N(C)C)n1. The Balaban J connectivity index is 3.03. The van der Waals surface area contributed by atoms with Gasteiger partial charge in [-0.25, -0.2) is 0 Å². The highest BCUT2D eigenvalue weighted by Crippen LogP contribution is 2.17. The first kappa shape index (κ1) is 14.4. The van der Waals surface area contributed by atoms with E-state index < -0.39 is 5.54 Å². The number of hydrogen-bond acceptors (Lipinski definition) is 8. The normalized spacial score (nSPS) is 11.4. The van der Waals surface area contributed by atoms with Gasteiger partial charge in [0.05, 0.1) is 18.8 Å². The molecule has 0 fully saturated rings. The summed E-state index contributed by atoms with van der Waals surface area (Å²) in [6.07, 6.45) is 0.517. The summed E-state index contributed by atoms with van der Waals surface area (Å²) in [5.74, 6) is 0.721. The molecule has 0 bridgehead atoms. The van der Waals surface area contributed by atoms with E-state index in [0.29, 0.717) is 12.4 Å². The molecule has 1 aromatic heterocycles. The minimum absolute atomic E-state index is 0.0806. The van der Waals surface area contributed by atoms with Crippen molar-refractivity contribution < 1.29 is 10.2 Å². The molecule has 18 heavy (non-hydrogen) atoms. The van der Waals surface area contributed by atoms with Crippen LogP contribution in [0.4, 0.5) is 17.8 Å². The van der Waals surface area contributed by atoms with Crippen molar-refractivity contribution in [1.82, 2.24) is 15.0 Å². The van der Waals surface area contributed by atoms with Crippen molar-refractivity contribution in [1.29, 1.82) is 0 Å². The van der Waals surface area contributed by atoms with Gasteiger partial charge >= 0.3 is 0 Å². The summed E-state index contributed by atoms with van der Waals surface area (Å²) >= 11 is 0. The van der Waals surface area contributed by atoms with Crippen LogP contribution < -0.4 is 16.0 Å². The van der Waals surface area contributed by atoms with Crippen molar-refractivity contribution in [3.63, 3.8) is 0 Å². The molecule has 0 aliphatic carbocycles. The van der Waals surface area contributed by atoms with Gasteiger partial charge in [0.25, 0.3) is 0 Å². The number of hydrogen-bond donors (Lipinski definition) is 4. The standard InChI is InChI=1S/C10H20N6O2/c1-4-10(5-17,6-18)15-8-12-7(11)13-9(14-8)16(2)3/h17-18H,4-6H2,1-3H3,(H3,11,12,13,14,15). The molecule has 0 atom stereocenters. The number of aliphatic hydroxyl groups is 2. The number of nitrogen functional groups attached to an aromatic ring is 1. The van der Waals surface area contributed by atoms with Gasteiger partial charge in [-0.15, -0.1) is 0 Å². The number of aliphatic hydroxyl groups excluding tert-OH is 2. The van der Waals surface area contributed by atoms with E-state index in [-0.39, 0.29) is 25.1 Å². The maximum atomic E-state index is 9.35. The van der Waals surface area contributed by atoms with Gasteiger partial charge in [0.2, 0.25) is 17.8 Å². The molecular weight excluding hydrogens is 236 g/mol. The second-order valence-electron chi connectivity index (χ2n) is 4.29. The predicted molar refractivity (Wildman–Crippen MR) is 69.4 cm³/mol. The largest absolute Gasteiger partial charge is 0.394 e. The third-order valence-electron chi connectivity index (χ3n) is 2.70. The van der Waals surface area contributed by atoms with E-state index in [1.54, 1.807) is 19.0 Å². The molecule has 1 rings (SSSR count). The Bertz CT molecular complexity index is 386. The number of nitrogens with zero attached hydrogens (tertiary/aromatic N) is 4. The lowest BCUT2D eigenvalue weighted by molar-refractivity contribution is 0.132. The summed E-state index contributed by atoms with van der Waals surface area (Å²) in [5.41, 5.74) is 4.72. The van der Waals surface area contributed by atoms with Gasteiger partial charge in [-0.1, -0.05) is 6.92 Å². The van der Waals surface area contributed by atoms with E-state index in [0.717, 1.165) is 0 Å². The molecule has 0 spiro atoms. The Morgan fingerprint density at radius 3 is 2.28 bits per heavy atom. The fourth-order valence-corrected chi connectivity index (χ4v) is 1.31. The number of aromatic nitrogens is 3. The van der Waals surface area contributed by atoms with Crippen LogP contribution in [0.3, 0.4) is 0 Å². The molecule has 102 valence electrons. The summed E-state index contributed by atoms with van der Waals surface area (Å²) in [4.78, 5) is 13.7. The highest BCUT2D eigenvalue weighted by atomic mass is 16.3. The van der Waals surface area contributed by atoms with Gasteiger partial charge in [-0.3, -0.25) is 0 Å². The average Bonchev–Trinajstić information content (AvgIpc) is 2.35. The first-order valence-corrected chi connectivity index (χ1v) is 5.65. The maximum absolute atomic E-state index is 9.35. The molecule has 0 saturated heterocycles. The predicted octanol–water partition coefficient (Wildman–Crippen LogP) is -0.935. The third-order valence-corrected chi connectivity index (χ3v) is 2.70. The molecule has 0 aliphatic rings. The van der Waals surface area contributed by atoms with Crippen LogP contribution >= 0.6 is 0 Å². The summed E-state index contributed by atoms with van der Waals surface area (Å²) < 4.78 is 0. The lowest BCUT2D eigenvalue weighted by Crippen LogP contribution is -2.45. The van der Waals surface area contributed by atoms with Crippen LogP contribution in [0.25, 0.3) is 0 Å². The van der Waals surface area contributed by atoms with Crippen LogP contribution in [0.5, 0.6) is 0 Å². The second-order valence-corrected chi connectivity index (χ2v) is 4.29. The molecule has 0 amide bonds. The third kappa shape index (κ3) is 3.17. The molecule has 0 aliphatic heterocycles. The van der Waals surface area contributed by atoms with Crippen molar-refractivity contribution in [2.75, 3.05) is 43.3 Å². The van der Waals surface area contributed by atoms with Crippen LogP contribution in [-0.4, -0.2) is 58.0 Å². The summed E-state index contributed by atoms with van der Waals surface area (Å²) in [5, 5.41) is 21.6. The van der Waals surface area contributed by atoms with E-state index in [1.807, 2.05) is 6.92 Å². The number of nitrogens with two attached hydrogens (primary N) is 1. The molecule has 5 N–H and O–H groups in total. The fraction of sp³-hybridized carbons (Fsp3) is 0.700. The van der Waals surface area contributed by atoms with Crippen LogP contribution in [0.1, 0.15) is 13.3 Å². The second kappa shape index (κ2) is 5.78. The van der Waals surface area contributed by atoms with Crippen LogP contribution in [0, 0.1) is 0 Å². The van der Waals surface area contributed by atoms with Crippen LogP contribution in [0.2, 0.25) is 0 Å². The van der Waals surface area contributed by atoms with Gasteiger partial charge in [-0.2, -0.15) is 15.0 Å². The maximum Gasteiger partial charge on any atom is 0.231 e. The Morgan fingerprint density at radius 2 is 1.83 bits per heavy atom. The Hall–Kier alpha value is -1.67. The fourth-order valence-electron chi connectivity index (χ4n) is 1.31. The zero-order valence-electron chi connectivity index (χ0n) is 10.9. The molecular formula is C10H20N6O2. The Morgan fingerprint density at radius 1 is 1.22 bits per heavy atom. The zero-order chi connectivity index (χ0) is 13.8. The number of rotatable bonds is 6. The van der Waals surface area contributed by atoms with Gasteiger partial charge < -0.3 is 26.2 Å². The molecule has 0 unspecified atom stereocenters. The van der Waals surface area contributed by atoms with Crippen molar-refractivity contribution in [3.8, 4) is 0 Å². The summed E-state index contributed by atoms with van der Waals surface area (Å²) in [7, 11) is 3.56. The lowest BCUT2D eigenvalue weighted by atomic mass is 9.99. The summed E-state index contributed by atoms with van der Waals surface area (Å²) in [6, 6.07) is 0. The average molecular weight is 256 g/mol. The van der Waals surface area contributed by atoms with E-state index in [4.69, 9.17) is 5.73 Å². The van der Waals surface area contributed by atoms with Crippen molar-refractivity contribution in [2.24, 2.45) is 0 Å². The van der Waals surface area contributed by atoms with E-state index in [9.17, 15) is 10.2 Å². The van der Waals surface area contributed by atoms with Crippen molar-refractivity contribution >= 4 is 17.8 Å². The highest BCUT2D eigenvalue weighted by Gasteiger charge is 2.27. The van der Waals surface area contributed by atoms with Crippen molar-refractivity contribution in [3.05, 3.63) is 0 Å². The summed E-state index contributed by atoms with van der Waals surface area (Å²) in [6.45, 7) is 1.38. The topological polar surface area (TPSA) is 120 Å². The molecule has 0 saturated carbocycles. The molecule has 8 heteroatoms. The van der Waals surface area contributed by atoms with Crippen LogP contribution in [-0.2, 0) is 0 Å². The zero-order valence-corrected chi connectivity index (χ0v) is 10.9. The number of nitrogens with one attached hydrogen (secondary N) is 1. The molecule has 0 aromatic carbocycles. The number of anilines is 3. The quantitative estimate of drug-likeness (QED) is 0.515. The lowest BCUT2D eigenvalue weighted by Gasteiger charge is -2.29. The minimum Gasteiger partial charge on any atom is -0.394 e. The Labute approximate surface area is 106 Å². The van der Waals surface area contributed by atoms with Gasteiger partial charge in [-0.05, 0) is 6.42 Å². The van der Waals surface area contributed by atoms with E-state index in [1.165, 1.54) is 0 Å². The Kier molecular flexibility index (Phi) is 4.62. The highest BCUT2D eigenvalue weighted by molar-refractivity contribution is 5.42. The first-order valence-electron chi connectivity index (χ1n) is 5.65. The van der Waals surface area contributed by atoms with E-state index in [2.05, 4.69) is 20.3 Å². The molecule has 1 aromatic rings. The van der Waals surface area contributed by atoms with E-state index >= 15 is 0 Å². The molecule has 0 radical (unpaired) electrons. The molecule has 8 nitrogen and oxygen atoms in total.